The molecule has 0 saturated heterocycles. The van der Waals surface area contributed by atoms with Crippen molar-refractivity contribution >= 4 is 5.97 Å². The number of esters is 1. The monoisotopic (exact) mass is 167 g/mol. The first-order chi connectivity index (χ1) is 5.56. The smallest absolute Gasteiger partial charge is 0.326 e. The maximum Gasteiger partial charge on any atom is 0.326 e. The summed E-state index contributed by atoms with van der Waals surface area (Å²) in [6, 6.07) is 1.92. The van der Waals surface area contributed by atoms with Crippen molar-refractivity contribution in [3.8, 4) is 6.07 Å². The average molecular weight is 167 g/mol. The van der Waals surface area contributed by atoms with E-state index < -0.39 is 11.4 Å². The minimum Gasteiger partial charge on any atom is -0.461 e. The molecular weight excluding hydrogens is 154 g/mol. The van der Waals surface area contributed by atoms with Crippen LogP contribution < -0.4 is 0 Å². The standard InChI is InChI=1S/C9H13NO2/c1-9(2,6-10)8(11)12-7-4-3-5-7/h7H,3-5H2,1-2H3. The molecule has 0 bridgehead atoms. The topological polar surface area (TPSA) is 50.1 Å². The molecule has 1 rings (SSSR count). The minimum atomic E-state index is -0.990. The van der Waals surface area contributed by atoms with Gasteiger partial charge in [-0.2, -0.15) is 5.26 Å². The molecule has 0 aromatic rings. The van der Waals surface area contributed by atoms with E-state index in [4.69, 9.17) is 10.00 Å². The molecule has 1 aliphatic carbocycles. The molecule has 66 valence electrons. The number of carbonyl (C=O) groups excluding carboxylic acids is 1. The van der Waals surface area contributed by atoms with Gasteiger partial charge in [0.25, 0.3) is 0 Å². The van der Waals surface area contributed by atoms with E-state index in [1.807, 2.05) is 6.07 Å². The Bertz CT molecular complexity index is 223. The number of ether oxygens (including phenoxy) is 1. The van der Waals surface area contributed by atoms with Crippen LogP contribution >= 0.6 is 0 Å². The normalized spacial score (nSPS) is 17.8. The minimum absolute atomic E-state index is 0.0742. The number of carbonyl (C=O) groups is 1. The highest BCUT2D eigenvalue weighted by atomic mass is 16.5. The van der Waals surface area contributed by atoms with Crippen LogP contribution in [-0.2, 0) is 9.53 Å². The van der Waals surface area contributed by atoms with E-state index >= 15 is 0 Å². The Morgan fingerprint density at radius 3 is 2.50 bits per heavy atom. The van der Waals surface area contributed by atoms with Gasteiger partial charge >= 0.3 is 5.97 Å². The Morgan fingerprint density at radius 2 is 2.17 bits per heavy atom. The van der Waals surface area contributed by atoms with Gasteiger partial charge in [0, 0.05) is 0 Å². The zero-order chi connectivity index (χ0) is 9.19. The summed E-state index contributed by atoms with van der Waals surface area (Å²) in [5.74, 6) is -0.394. The zero-order valence-electron chi connectivity index (χ0n) is 7.46. The van der Waals surface area contributed by atoms with E-state index in [9.17, 15) is 4.79 Å². The molecule has 0 atom stereocenters. The van der Waals surface area contributed by atoms with Crippen molar-refractivity contribution in [2.24, 2.45) is 5.41 Å². The van der Waals surface area contributed by atoms with Gasteiger partial charge in [0.2, 0.25) is 0 Å². The first-order valence-corrected chi connectivity index (χ1v) is 4.18. The highest BCUT2D eigenvalue weighted by molar-refractivity contribution is 5.79. The molecule has 0 radical (unpaired) electrons. The number of rotatable bonds is 2. The van der Waals surface area contributed by atoms with E-state index in [0.29, 0.717) is 0 Å². The van der Waals surface area contributed by atoms with Crippen LogP contribution in [0.15, 0.2) is 0 Å². The van der Waals surface area contributed by atoms with Crippen LogP contribution in [0.5, 0.6) is 0 Å². The molecule has 0 unspecified atom stereocenters. The average Bonchev–Trinajstić information content (AvgIpc) is 1.96. The van der Waals surface area contributed by atoms with Gasteiger partial charge in [-0.15, -0.1) is 0 Å². The highest BCUT2D eigenvalue weighted by Crippen LogP contribution is 2.25. The number of hydrogen-bond donors (Lipinski definition) is 0. The summed E-state index contributed by atoms with van der Waals surface area (Å²) >= 11 is 0. The first-order valence-electron chi connectivity index (χ1n) is 4.18. The fraction of sp³-hybridized carbons (Fsp3) is 0.778. The fourth-order valence-electron chi connectivity index (χ4n) is 0.833. The predicted molar refractivity (Wildman–Crippen MR) is 43.1 cm³/mol. The van der Waals surface area contributed by atoms with Crippen LogP contribution in [0.2, 0.25) is 0 Å². The van der Waals surface area contributed by atoms with E-state index in [-0.39, 0.29) is 6.10 Å². The Morgan fingerprint density at radius 1 is 1.58 bits per heavy atom. The molecule has 12 heavy (non-hydrogen) atoms. The Labute approximate surface area is 72.3 Å². The van der Waals surface area contributed by atoms with Gasteiger partial charge < -0.3 is 4.74 Å². The first kappa shape index (κ1) is 9.05. The molecule has 3 heteroatoms. The van der Waals surface area contributed by atoms with Crippen LogP contribution in [0.1, 0.15) is 33.1 Å². The molecule has 3 nitrogen and oxygen atoms in total. The largest absolute Gasteiger partial charge is 0.461 e. The van der Waals surface area contributed by atoms with Crippen molar-refractivity contribution in [1.29, 1.82) is 5.26 Å². The van der Waals surface area contributed by atoms with Crippen molar-refractivity contribution < 1.29 is 9.53 Å². The summed E-state index contributed by atoms with van der Waals surface area (Å²) in [6.07, 6.45) is 3.11. The van der Waals surface area contributed by atoms with Crippen molar-refractivity contribution in [2.45, 2.75) is 39.2 Å². The SMILES string of the molecule is CC(C)(C#N)C(=O)OC1CCC1. The van der Waals surface area contributed by atoms with Gasteiger partial charge in [0.05, 0.1) is 6.07 Å². The van der Waals surface area contributed by atoms with Crippen LogP contribution in [0.25, 0.3) is 0 Å². The lowest BCUT2D eigenvalue weighted by atomic mass is 9.93. The van der Waals surface area contributed by atoms with Crippen LogP contribution in [0.3, 0.4) is 0 Å². The Kier molecular flexibility index (Phi) is 2.37. The second-order valence-corrected chi connectivity index (χ2v) is 3.70. The second-order valence-electron chi connectivity index (χ2n) is 3.70. The fourth-order valence-corrected chi connectivity index (χ4v) is 0.833. The van der Waals surface area contributed by atoms with E-state index in [0.717, 1.165) is 19.3 Å². The lowest BCUT2D eigenvalue weighted by Gasteiger charge is -2.27. The molecule has 0 aromatic carbocycles. The summed E-state index contributed by atoms with van der Waals surface area (Å²) in [6.45, 7) is 3.15. The summed E-state index contributed by atoms with van der Waals surface area (Å²) in [7, 11) is 0. The van der Waals surface area contributed by atoms with Gasteiger partial charge in [0.15, 0.2) is 0 Å². The third-order valence-corrected chi connectivity index (χ3v) is 2.12. The highest BCUT2D eigenvalue weighted by Gasteiger charge is 2.32. The van der Waals surface area contributed by atoms with Crippen molar-refractivity contribution in [2.75, 3.05) is 0 Å². The maximum atomic E-state index is 11.3. The van der Waals surface area contributed by atoms with Crippen LogP contribution in [-0.4, -0.2) is 12.1 Å². The molecule has 0 N–H and O–H groups in total. The van der Waals surface area contributed by atoms with E-state index in [1.165, 1.54) is 0 Å². The van der Waals surface area contributed by atoms with Crippen molar-refractivity contribution in [1.82, 2.24) is 0 Å². The summed E-state index contributed by atoms with van der Waals surface area (Å²) in [5, 5.41) is 8.62. The predicted octanol–water partition coefficient (Wildman–Crippen LogP) is 1.63. The van der Waals surface area contributed by atoms with E-state index in [1.54, 1.807) is 13.8 Å². The summed E-state index contributed by atoms with van der Waals surface area (Å²) < 4.78 is 5.08. The van der Waals surface area contributed by atoms with Gasteiger partial charge in [-0.3, -0.25) is 4.79 Å². The molecule has 1 aliphatic rings. The number of nitriles is 1. The van der Waals surface area contributed by atoms with Crippen LogP contribution in [0, 0.1) is 16.7 Å². The van der Waals surface area contributed by atoms with Gasteiger partial charge in [0.1, 0.15) is 11.5 Å². The molecule has 0 aliphatic heterocycles. The molecule has 0 spiro atoms. The van der Waals surface area contributed by atoms with Gasteiger partial charge in [-0.25, -0.2) is 0 Å². The van der Waals surface area contributed by atoms with Gasteiger partial charge in [-0.05, 0) is 33.1 Å². The second kappa shape index (κ2) is 3.14. The molecule has 0 heterocycles. The van der Waals surface area contributed by atoms with Gasteiger partial charge in [-0.1, -0.05) is 0 Å². The third kappa shape index (κ3) is 1.76. The Balaban J connectivity index is 2.42. The van der Waals surface area contributed by atoms with Crippen molar-refractivity contribution in [3.63, 3.8) is 0 Å². The molecule has 0 aromatic heterocycles. The van der Waals surface area contributed by atoms with E-state index in [2.05, 4.69) is 0 Å². The van der Waals surface area contributed by atoms with Crippen LogP contribution in [0.4, 0.5) is 0 Å². The van der Waals surface area contributed by atoms with Crippen molar-refractivity contribution in [3.05, 3.63) is 0 Å². The third-order valence-electron chi connectivity index (χ3n) is 2.12. The Hall–Kier alpha value is -1.04. The quantitative estimate of drug-likeness (QED) is 0.587. The zero-order valence-corrected chi connectivity index (χ0v) is 7.46. The summed E-state index contributed by atoms with van der Waals surface area (Å²) in [5.41, 5.74) is -0.990. The molecular formula is C9H13NO2. The number of nitrogens with zero attached hydrogens (tertiary/aromatic N) is 1. The molecule has 1 saturated carbocycles. The lowest BCUT2D eigenvalue weighted by Crippen LogP contribution is -2.32. The lowest BCUT2D eigenvalue weighted by molar-refractivity contribution is -0.160. The number of hydrogen-bond acceptors (Lipinski definition) is 3. The molecule has 0 amide bonds. The summed E-state index contributed by atoms with van der Waals surface area (Å²) in [4.78, 5) is 11.3. The maximum absolute atomic E-state index is 11.3. The molecule has 1 fully saturated rings.